The molecule has 0 radical (unpaired) electrons. The Morgan fingerprint density at radius 2 is 2.22 bits per heavy atom. The van der Waals surface area contributed by atoms with Crippen LogP contribution in [0.3, 0.4) is 0 Å². The Hall–Kier alpha value is -0.275. The fourth-order valence-corrected chi connectivity index (χ4v) is 0.530. The van der Waals surface area contributed by atoms with Gasteiger partial charge in [-0.1, -0.05) is 13.0 Å². The Kier molecular flexibility index (Phi) is 4.45. The quantitative estimate of drug-likeness (QED) is 0.434. The van der Waals surface area contributed by atoms with Gasteiger partial charge in [-0.05, 0) is 18.7 Å². The van der Waals surface area contributed by atoms with Crippen LogP contribution in [0.5, 0.6) is 0 Å². The number of hydrogen-bond acceptors (Lipinski definition) is 2. The molecular weight excluding hydrogens is 115 g/mol. The van der Waals surface area contributed by atoms with Gasteiger partial charge in [-0.3, -0.25) is 0 Å². The van der Waals surface area contributed by atoms with Crippen LogP contribution in [0.2, 0.25) is 5.82 Å². The van der Waals surface area contributed by atoms with Crippen molar-refractivity contribution in [3.63, 3.8) is 0 Å². The van der Waals surface area contributed by atoms with Crippen molar-refractivity contribution >= 4 is 7.12 Å². The van der Waals surface area contributed by atoms with Crippen LogP contribution in [-0.4, -0.2) is 17.2 Å². The first-order valence-corrected chi connectivity index (χ1v) is 3.15. The van der Waals surface area contributed by atoms with Gasteiger partial charge in [0.25, 0.3) is 0 Å². The highest BCUT2D eigenvalue weighted by Crippen LogP contribution is 2.12. The fraction of sp³-hybridized carbons (Fsp3) is 0.667. The first-order chi connectivity index (χ1) is 4.18. The maximum atomic E-state index is 8.57. The molecule has 3 heteroatoms. The lowest BCUT2D eigenvalue weighted by Gasteiger charge is -2.05. The molecular formula is C6H13BO2. The maximum Gasteiger partial charge on any atom is 0.454 e. The summed E-state index contributed by atoms with van der Waals surface area (Å²) >= 11 is 0. The van der Waals surface area contributed by atoms with E-state index in [9.17, 15) is 0 Å². The predicted octanol–water partition coefficient (Wildman–Crippen LogP) is 0.815. The van der Waals surface area contributed by atoms with Crippen molar-refractivity contribution < 1.29 is 10.0 Å². The van der Waals surface area contributed by atoms with Crippen LogP contribution in [0.25, 0.3) is 0 Å². The summed E-state index contributed by atoms with van der Waals surface area (Å²) in [6, 6.07) is 0. The SMILES string of the molecule is C=CCCC(C)B(O)O. The molecule has 0 aromatic heterocycles. The van der Waals surface area contributed by atoms with Crippen LogP contribution in [-0.2, 0) is 0 Å². The van der Waals surface area contributed by atoms with E-state index in [2.05, 4.69) is 6.58 Å². The highest BCUT2D eigenvalue weighted by atomic mass is 16.4. The molecule has 0 spiro atoms. The Morgan fingerprint density at radius 3 is 2.56 bits per heavy atom. The molecule has 1 unspecified atom stereocenters. The molecule has 0 saturated carbocycles. The third kappa shape index (κ3) is 4.24. The van der Waals surface area contributed by atoms with Gasteiger partial charge in [0.1, 0.15) is 0 Å². The van der Waals surface area contributed by atoms with Crippen molar-refractivity contribution in [1.82, 2.24) is 0 Å². The molecule has 0 aliphatic carbocycles. The molecule has 0 amide bonds. The number of rotatable bonds is 4. The largest absolute Gasteiger partial charge is 0.454 e. The normalized spacial score (nSPS) is 12.8. The molecule has 0 fully saturated rings. The number of allylic oxidation sites excluding steroid dienone is 1. The van der Waals surface area contributed by atoms with E-state index in [1.165, 1.54) is 0 Å². The first-order valence-electron chi connectivity index (χ1n) is 3.15. The van der Waals surface area contributed by atoms with E-state index in [0.717, 1.165) is 12.8 Å². The zero-order valence-corrected chi connectivity index (χ0v) is 5.75. The Morgan fingerprint density at radius 1 is 1.67 bits per heavy atom. The zero-order valence-electron chi connectivity index (χ0n) is 5.75. The van der Waals surface area contributed by atoms with E-state index in [-0.39, 0.29) is 5.82 Å². The van der Waals surface area contributed by atoms with E-state index in [0.29, 0.717) is 0 Å². The summed E-state index contributed by atoms with van der Waals surface area (Å²) in [5.74, 6) is -0.0389. The van der Waals surface area contributed by atoms with Gasteiger partial charge in [0, 0.05) is 0 Å². The summed E-state index contributed by atoms with van der Waals surface area (Å²) in [4.78, 5) is 0. The summed E-state index contributed by atoms with van der Waals surface area (Å²) in [6.45, 7) is 5.33. The number of hydrogen-bond donors (Lipinski definition) is 2. The fourth-order valence-electron chi connectivity index (χ4n) is 0.530. The zero-order chi connectivity index (χ0) is 7.28. The third-order valence-electron chi connectivity index (χ3n) is 1.34. The van der Waals surface area contributed by atoms with E-state index < -0.39 is 7.12 Å². The Balaban J connectivity index is 3.26. The van der Waals surface area contributed by atoms with Crippen LogP contribution in [0.1, 0.15) is 19.8 Å². The highest BCUT2D eigenvalue weighted by molar-refractivity contribution is 6.42. The van der Waals surface area contributed by atoms with E-state index in [1.54, 1.807) is 13.0 Å². The predicted molar refractivity (Wildman–Crippen MR) is 39.0 cm³/mol. The Bertz CT molecular complexity index is 83.1. The molecule has 0 aromatic carbocycles. The van der Waals surface area contributed by atoms with Crippen LogP contribution in [0.4, 0.5) is 0 Å². The average Bonchev–Trinajstić information content (AvgIpc) is 1.82. The first kappa shape index (κ1) is 8.72. The van der Waals surface area contributed by atoms with Gasteiger partial charge in [0.15, 0.2) is 0 Å². The Labute approximate surface area is 56.4 Å². The van der Waals surface area contributed by atoms with Crippen LogP contribution >= 0.6 is 0 Å². The van der Waals surface area contributed by atoms with Crippen LogP contribution < -0.4 is 0 Å². The molecule has 52 valence electrons. The van der Waals surface area contributed by atoms with Crippen LogP contribution in [0.15, 0.2) is 12.7 Å². The summed E-state index contributed by atoms with van der Waals surface area (Å²) < 4.78 is 0. The molecule has 0 saturated heterocycles. The van der Waals surface area contributed by atoms with Gasteiger partial charge in [-0.25, -0.2) is 0 Å². The molecule has 0 bridgehead atoms. The summed E-state index contributed by atoms with van der Waals surface area (Å²) in [5.41, 5.74) is 0. The topological polar surface area (TPSA) is 40.5 Å². The highest BCUT2D eigenvalue weighted by Gasteiger charge is 2.15. The smallest absolute Gasteiger partial charge is 0.427 e. The minimum atomic E-state index is -1.18. The minimum absolute atomic E-state index is 0.0389. The van der Waals surface area contributed by atoms with Crippen molar-refractivity contribution in [2.75, 3.05) is 0 Å². The van der Waals surface area contributed by atoms with Crippen molar-refractivity contribution in [2.24, 2.45) is 0 Å². The van der Waals surface area contributed by atoms with Gasteiger partial charge in [0.05, 0.1) is 0 Å². The lowest BCUT2D eigenvalue weighted by Crippen LogP contribution is -2.17. The van der Waals surface area contributed by atoms with Gasteiger partial charge < -0.3 is 10.0 Å². The van der Waals surface area contributed by atoms with E-state index in [1.807, 2.05) is 0 Å². The van der Waals surface area contributed by atoms with Gasteiger partial charge in [0.2, 0.25) is 0 Å². The van der Waals surface area contributed by atoms with Gasteiger partial charge in [-0.2, -0.15) is 0 Å². The lowest BCUT2D eigenvalue weighted by atomic mass is 9.72. The molecule has 0 rings (SSSR count). The minimum Gasteiger partial charge on any atom is -0.427 e. The molecule has 2 N–H and O–H groups in total. The summed E-state index contributed by atoms with van der Waals surface area (Å²) in [7, 11) is -1.18. The van der Waals surface area contributed by atoms with Crippen molar-refractivity contribution in [3.05, 3.63) is 12.7 Å². The molecule has 0 aliphatic heterocycles. The van der Waals surface area contributed by atoms with Crippen molar-refractivity contribution in [1.29, 1.82) is 0 Å². The third-order valence-corrected chi connectivity index (χ3v) is 1.34. The molecule has 0 aliphatic rings. The molecule has 0 heterocycles. The molecule has 1 atom stereocenters. The second-order valence-corrected chi connectivity index (χ2v) is 2.26. The second-order valence-electron chi connectivity index (χ2n) is 2.26. The van der Waals surface area contributed by atoms with Gasteiger partial charge >= 0.3 is 7.12 Å². The molecule has 2 nitrogen and oxygen atoms in total. The molecule has 0 aromatic rings. The van der Waals surface area contributed by atoms with E-state index >= 15 is 0 Å². The lowest BCUT2D eigenvalue weighted by molar-refractivity contribution is 0.384. The summed E-state index contributed by atoms with van der Waals surface area (Å²) in [6.07, 6.45) is 3.42. The average molecular weight is 128 g/mol. The second kappa shape index (κ2) is 4.59. The maximum absolute atomic E-state index is 8.57. The van der Waals surface area contributed by atoms with Crippen LogP contribution in [0, 0.1) is 0 Å². The summed E-state index contributed by atoms with van der Waals surface area (Å²) in [5, 5.41) is 17.1. The van der Waals surface area contributed by atoms with Gasteiger partial charge in [-0.15, -0.1) is 6.58 Å². The molecule has 9 heavy (non-hydrogen) atoms. The monoisotopic (exact) mass is 128 g/mol. The standard InChI is InChI=1S/C6H13BO2/c1-3-4-5-6(2)7(8)9/h3,6,8-9H,1,4-5H2,2H3. The van der Waals surface area contributed by atoms with Crippen molar-refractivity contribution in [2.45, 2.75) is 25.6 Å². The van der Waals surface area contributed by atoms with Crippen molar-refractivity contribution in [3.8, 4) is 0 Å². The van der Waals surface area contributed by atoms with E-state index in [4.69, 9.17) is 10.0 Å².